The smallest absolute Gasteiger partial charge is 0.0136 e. The minimum Gasteiger partial charge on any atom is -0.328 e. The lowest BCUT2D eigenvalue weighted by Gasteiger charge is -2.28. The van der Waals surface area contributed by atoms with Crippen LogP contribution in [0.3, 0.4) is 0 Å². The van der Waals surface area contributed by atoms with Crippen LogP contribution in [0.1, 0.15) is 26.2 Å². The SMILES string of the molecule is C[C@H]1CC(N)CCC1I. The van der Waals surface area contributed by atoms with E-state index in [0.717, 1.165) is 9.84 Å². The summed E-state index contributed by atoms with van der Waals surface area (Å²) in [6.45, 7) is 2.30. The highest BCUT2D eigenvalue weighted by molar-refractivity contribution is 14.1. The Labute approximate surface area is 70.5 Å². The van der Waals surface area contributed by atoms with Crippen LogP contribution in [0, 0.1) is 5.92 Å². The molecular weight excluding hydrogens is 225 g/mol. The van der Waals surface area contributed by atoms with Crippen molar-refractivity contribution in [2.24, 2.45) is 11.7 Å². The van der Waals surface area contributed by atoms with Gasteiger partial charge >= 0.3 is 0 Å². The van der Waals surface area contributed by atoms with Crippen LogP contribution in [0.4, 0.5) is 0 Å². The maximum Gasteiger partial charge on any atom is 0.0136 e. The molecule has 2 heteroatoms. The number of halogens is 1. The van der Waals surface area contributed by atoms with Gasteiger partial charge in [-0.3, -0.25) is 0 Å². The van der Waals surface area contributed by atoms with Crippen LogP contribution in [-0.2, 0) is 0 Å². The van der Waals surface area contributed by atoms with Crippen molar-refractivity contribution in [2.75, 3.05) is 0 Å². The fraction of sp³-hybridized carbons (Fsp3) is 1.00. The Morgan fingerprint density at radius 1 is 1.44 bits per heavy atom. The van der Waals surface area contributed by atoms with Crippen molar-refractivity contribution in [1.29, 1.82) is 0 Å². The summed E-state index contributed by atoms with van der Waals surface area (Å²) in [5, 5.41) is 0. The zero-order valence-corrected chi connectivity index (χ0v) is 7.97. The van der Waals surface area contributed by atoms with Gasteiger partial charge in [-0.1, -0.05) is 29.5 Å². The first-order valence-corrected chi connectivity index (χ1v) is 4.84. The van der Waals surface area contributed by atoms with Gasteiger partial charge < -0.3 is 5.73 Å². The van der Waals surface area contributed by atoms with Crippen molar-refractivity contribution >= 4 is 22.6 Å². The van der Waals surface area contributed by atoms with Crippen molar-refractivity contribution in [2.45, 2.75) is 36.2 Å². The number of rotatable bonds is 0. The average Bonchev–Trinajstić information content (AvgIpc) is 1.80. The van der Waals surface area contributed by atoms with Gasteiger partial charge in [0.05, 0.1) is 0 Å². The largest absolute Gasteiger partial charge is 0.328 e. The minimum atomic E-state index is 0.492. The first-order chi connectivity index (χ1) is 4.20. The van der Waals surface area contributed by atoms with Crippen LogP contribution in [0.25, 0.3) is 0 Å². The quantitative estimate of drug-likeness (QED) is 0.507. The summed E-state index contributed by atoms with van der Waals surface area (Å²) >= 11 is 2.54. The van der Waals surface area contributed by atoms with E-state index in [1.165, 1.54) is 19.3 Å². The molecule has 0 heterocycles. The lowest BCUT2D eigenvalue weighted by molar-refractivity contribution is 0.364. The van der Waals surface area contributed by atoms with E-state index in [1.54, 1.807) is 0 Å². The number of alkyl halides is 1. The normalized spacial score (nSPS) is 45.0. The Morgan fingerprint density at radius 3 is 2.56 bits per heavy atom. The summed E-state index contributed by atoms with van der Waals surface area (Å²) in [4.78, 5) is 0. The zero-order valence-electron chi connectivity index (χ0n) is 5.81. The summed E-state index contributed by atoms with van der Waals surface area (Å²) < 4.78 is 0.877. The molecule has 1 nitrogen and oxygen atoms in total. The molecule has 1 aliphatic carbocycles. The second-order valence-corrected chi connectivity index (χ2v) is 4.67. The van der Waals surface area contributed by atoms with E-state index >= 15 is 0 Å². The molecule has 2 unspecified atom stereocenters. The first-order valence-electron chi connectivity index (χ1n) is 3.60. The van der Waals surface area contributed by atoms with Gasteiger partial charge in [0.2, 0.25) is 0 Å². The van der Waals surface area contributed by atoms with Crippen molar-refractivity contribution in [3.63, 3.8) is 0 Å². The Balaban J connectivity index is 2.35. The fourth-order valence-electron chi connectivity index (χ4n) is 1.40. The highest BCUT2D eigenvalue weighted by Crippen LogP contribution is 2.28. The lowest BCUT2D eigenvalue weighted by Crippen LogP contribution is -2.32. The summed E-state index contributed by atoms with van der Waals surface area (Å²) in [5.74, 6) is 0.842. The molecule has 0 aromatic carbocycles. The molecule has 0 aromatic heterocycles. The Kier molecular flexibility index (Phi) is 2.76. The predicted molar refractivity (Wildman–Crippen MR) is 48.8 cm³/mol. The molecule has 0 bridgehead atoms. The molecule has 0 aromatic rings. The highest BCUT2D eigenvalue weighted by Gasteiger charge is 2.22. The van der Waals surface area contributed by atoms with E-state index in [9.17, 15) is 0 Å². The lowest BCUT2D eigenvalue weighted by atomic mass is 9.88. The van der Waals surface area contributed by atoms with Gasteiger partial charge in [0.15, 0.2) is 0 Å². The second kappa shape index (κ2) is 3.19. The third-order valence-corrected chi connectivity index (χ3v) is 3.96. The first kappa shape index (κ1) is 7.79. The molecule has 1 saturated carbocycles. The topological polar surface area (TPSA) is 26.0 Å². The Bertz CT molecular complexity index is 94.9. The van der Waals surface area contributed by atoms with Crippen molar-refractivity contribution in [1.82, 2.24) is 0 Å². The Hall–Kier alpha value is 0.690. The second-order valence-electron chi connectivity index (χ2n) is 3.07. The third-order valence-electron chi connectivity index (χ3n) is 2.11. The van der Waals surface area contributed by atoms with Crippen LogP contribution >= 0.6 is 22.6 Å². The van der Waals surface area contributed by atoms with Gasteiger partial charge in [-0.25, -0.2) is 0 Å². The van der Waals surface area contributed by atoms with Gasteiger partial charge in [-0.05, 0) is 25.2 Å². The van der Waals surface area contributed by atoms with Crippen LogP contribution in [-0.4, -0.2) is 9.97 Å². The Morgan fingerprint density at radius 2 is 2.11 bits per heavy atom. The maximum absolute atomic E-state index is 5.78. The molecule has 0 radical (unpaired) electrons. The van der Waals surface area contributed by atoms with Crippen molar-refractivity contribution in [3.8, 4) is 0 Å². The summed E-state index contributed by atoms with van der Waals surface area (Å²) in [6.07, 6.45) is 3.79. The number of nitrogens with two attached hydrogens (primary N) is 1. The van der Waals surface area contributed by atoms with E-state index < -0.39 is 0 Å². The summed E-state index contributed by atoms with van der Waals surface area (Å²) in [7, 11) is 0. The van der Waals surface area contributed by atoms with Crippen molar-refractivity contribution in [3.05, 3.63) is 0 Å². The molecule has 3 atom stereocenters. The molecule has 0 saturated heterocycles. The van der Waals surface area contributed by atoms with Crippen LogP contribution in [0.15, 0.2) is 0 Å². The van der Waals surface area contributed by atoms with Crippen LogP contribution in [0.5, 0.6) is 0 Å². The van der Waals surface area contributed by atoms with Gasteiger partial charge in [-0.2, -0.15) is 0 Å². The summed E-state index contributed by atoms with van der Waals surface area (Å²) in [6, 6.07) is 0.492. The van der Waals surface area contributed by atoms with E-state index in [-0.39, 0.29) is 0 Å². The monoisotopic (exact) mass is 239 g/mol. The predicted octanol–water partition coefficient (Wildman–Crippen LogP) is 1.94. The molecule has 9 heavy (non-hydrogen) atoms. The van der Waals surface area contributed by atoms with Gasteiger partial charge in [-0.15, -0.1) is 0 Å². The third kappa shape index (κ3) is 2.08. The molecule has 0 aliphatic heterocycles. The van der Waals surface area contributed by atoms with E-state index in [4.69, 9.17) is 5.73 Å². The van der Waals surface area contributed by atoms with Crippen LogP contribution < -0.4 is 5.73 Å². The van der Waals surface area contributed by atoms with Gasteiger partial charge in [0, 0.05) is 9.97 Å². The molecule has 0 amide bonds. The van der Waals surface area contributed by atoms with E-state index in [1.807, 2.05) is 0 Å². The number of hydrogen-bond acceptors (Lipinski definition) is 1. The molecule has 1 fully saturated rings. The average molecular weight is 239 g/mol. The molecular formula is C7H14IN. The molecule has 0 spiro atoms. The number of hydrogen-bond donors (Lipinski definition) is 1. The standard InChI is InChI=1S/C7H14IN/c1-5-4-6(9)2-3-7(5)8/h5-7H,2-4,9H2,1H3/t5-,6?,7?/m0/s1. The molecule has 2 N–H and O–H groups in total. The molecule has 1 aliphatic rings. The molecule has 1 rings (SSSR count). The van der Waals surface area contributed by atoms with E-state index in [0.29, 0.717) is 6.04 Å². The minimum absolute atomic E-state index is 0.492. The van der Waals surface area contributed by atoms with Crippen LogP contribution in [0.2, 0.25) is 0 Å². The van der Waals surface area contributed by atoms with Crippen molar-refractivity contribution < 1.29 is 0 Å². The highest BCUT2D eigenvalue weighted by atomic mass is 127. The van der Waals surface area contributed by atoms with Gasteiger partial charge in [0.1, 0.15) is 0 Å². The summed E-state index contributed by atoms with van der Waals surface area (Å²) in [5.41, 5.74) is 5.78. The molecule has 54 valence electrons. The van der Waals surface area contributed by atoms with Gasteiger partial charge in [0.25, 0.3) is 0 Å². The maximum atomic E-state index is 5.78. The fourth-order valence-corrected chi connectivity index (χ4v) is 2.05. The zero-order chi connectivity index (χ0) is 6.85. The van der Waals surface area contributed by atoms with E-state index in [2.05, 4.69) is 29.5 Å².